The standard InChI is InChI=1S/C13H11NO4/c1-17-12(15)13(16)18-8-10-5-2-4-9-6-3-7-14-11(9)10/h2-7H,8H2,1H3. The van der Waals surface area contributed by atoms with E-state index < -0.39 is 11.9 Å². The molecule has 0 aliphatic heterocycles. The van der Waals surface area contributed by atoms with Gasteiger partial charge in [0.2, 0.25) is 0 Å². The van der Waals surface area contributed by atoms with Crippen LogP contribution in [-0.4, -0.2) is 24.0 Å². The maximum atomic E-state index is 11.2. The molecule has 2 rings (SSSR count). The molecule has 0 saturated carbocycles. The molecular formula is C13H11NO4. The maximum absolute atomic E-state index is 11.2. The lowest BCUT2D eigenvalue weighted by Crippen LogP contribution is -2.18. The number of fused-ring (bicyclic) bond motifs is 1. The summed E-state index contributed by atoms with van der Waals surface area (Å²) in [6.07, 6.45) is 1.66. The lowest BCUT2D eigenvalue weighted by molar-refractivity contribution is -0.166. The lowest BCUT2D eigenvalue weighted by atomic mass is 10.1. The summed E-state index contributed by atoms with van der Waals surface area (Å²) in [7, 11) is 1.13. The predicted octanol–water partition coefficient (Wildman–Crippen LogP) is 1.45. The highest BCUT2D eigenvalue weighted by Gasteiger charge is 2.16. The van der Waals surface area contributed by atoms with Crippen LogP contribution in [0.15, 0.2) is 36.5 Å². The molecule has 0 atom stereocenters. The molecule has 1 aromatic heterocycles. The molecule has 0 radical (unpaired) electrons. The van der Waals surface area contributed by atoms with Crippen molar-refractivity contribution in [1.82, 2.24) is 4.98 Å². The van der Waals surface area contributed by atoms with Crippen LogP contribution in [0.4, 0.5) is 0 Å². The van der Waals surface area contributed by atoms with Crippen LogP contribution in [0, 0.1) is 0 Å². The van der Waals surface area contributed by atoms with Gasteiger partial charge < -0.3 is 9.47 Å². The number of hydrogen-bond donors (Lipinski definition) is 0. The normalized spacial score (nSPS) is 10.1. The Labute approximate surface area is 103 Å². The first-order valence-corrected chi connectivity index (χ1v) is 5.30. The molecule has 0 unspecified atom stereocenters. The molecule has 2 aromatic rings. The number of carbonyl (C=O) groups is 2. The van der Waals surface area contributed by atoms with Gasteiger partial charge in [-0.3, -0.25) is 4.98 Å². The van der Waals surface area contributed by atoms with Gasteiger partial charge in [0.05, 0.1) is 12.6 Å². The summed E-state index contributed by atoms with van der Waals surface area (Å²) < 4.78 is 9.09. The fourth-order valence-electron chi connectivity index (χ4n) is 1.57. The van der Waals surface area contributed by atoms with E-state index in [9.17, 15) is 9.59 Å². The fourth-order valence-corrected chi connectivity index (χ4v) is 1.57. The molecule has 0 spiro atoms. The Morgan fingerprint density at radius 1 is 1.17 bits per heavy atom. The number of carbonyl (C=O) groups excluding carboxylic acids is 2. The Balaban J connectivity index is 2.17. The molecule has 0 aliphatic carbocycles. The summed E-state index contributed by atoms with van der Waals surface area (Å²) in [6, 6.07) is 9.28. The van der Waals surface area contributed by atoms with Gasteiger partial charge in [-0.15, -0.1) is 0 Å². The zero-order valence-electron chi connectivity index (χ0n) is 9.75. The van der Waals surface area contributed by atoms with Crippen LogP contribution < -0.4 is 0 Å². The van der Waals surface area contributed by atoms with E-state index in [4.69, 9.17) is 4.74 Å². The molecule has 18 heavy (non-hydrogen) atoms. The number of rotatable bonds is 2. The average Bonchev–Trinajstić information content (AvgIpc) is 2.43. The monoisotopic (exact) mass is 245 g/mol. The molecule has 0 N–H and O–H groups in total. The van der Waals surface area contributed by atoms with Crippen molar-refractivity contribution in [3.8, 4) is 0 Å². The minimum Gasteiger partial charge on any atom is -0.461 e. The van der Waals surface area contributed by atoms with E-state index in [1.165, 1.54) is 0 Å². The SMILES string of the molecule is COC(=O)C(=O)OCc1cccc2cccnc12. The van der Waals surface area contributed by atoms with Crippen molar-refractivity contribution in [2.75, 3.05) is 7.11 Å². The van der Waals surface area contributed by atoms with E-state index >= 15 is 0 Å². The number of ether oxygens (including phenoxy) is 2. The van der Waals surface area contributed by atoms with Crippen LogP contribution >= 0.6 is 0 Å². The third-order valence-corrected chi connectivity index (χ3v) is 2.43. The van der Waals surface area contributed by atoms with E-state index in [0.717, 1.165) is 23.6 Å². The smallest absolute Gasteiger partial charge is 0.417 e. The molecule has 92 valence electrons. The zero-order valence-corrected chi connectivity index (χ0v) is 9.75. The van der Waals surface area contributed by atoms with Gasteiger partial charge >= 0.3 is 11.9 Å². The minimum atomic E-state index is -1.01. The van der Waals surface area contributed by atoms with Gasteiger partial charge in [0.25, 0.3) is 0 Å². The first kappa shape index (κ1) is 12.0. The molecule has 1 heterocycles. The highest BCUT2D eigenvalue weighted by Crippen LogP contribution is 2.16. The van der Waals surface area contributed by atoms with E-state index in [2.05, 4.69) is 9.72 Å². The van der Waals surface area contributed by atoms with Crippen molar-refractivity contribution < 1.29 is 19.1 Å². The Morgan fingerprint density at radius 3 is 2.72 bits per heavy atom. The average molecular weight is 245 g/mol. The zero-order chi connectivity index (χ0) is 13.0. The van der Waals surface area contributed by atoms with Gasteiger partial charge in [0.15, 0.2) is 0 Å². The molecule has 0 amide bonds. The summed E-state index contributed by atoms with van der Waals surface area (Å²) in [5.74, 6) is -2.02. The number of para-hydroxylation sites is 1. The second-order valence-electron chi connectivity index (χ2n) is 3.56. The third-order valence-electron chi connectivity index (χ3n) is 2.43. The van der Waals surface area contributed by atoms with Crippen molar-refractivity contribution in [3.63, 3.8) is 0 Å². The summed E-state index contributed by atoms with van der Waals surface area (Å²) in [5, 5.41) is 0.948. The predicted molar refractivity (Wildman–Crippen MR) is 63.6 cm³/mol. The van der Waals surface area contributed by atoms with Gasteiger partial charge in [0, 0.05) is 17.1 Å². The molecule has 1 aromatic carbocycles. The van der Waals surface area contributed by atoms with Crippen LogP contribution in [0.25, 0.3) is 10.9 Å². The molecule has 5 heteroatoms. The summed E-state index contributed by atoms with van der Waals surface area (Å²) in [4.78, 5) is 26.3. The quantitative estimate of drug-likeness (QED) is 0.591. The summed E-state index contributed by atoms with van der Waals surface area (Å²) in [6.45, 7) is -0.0116. The Bertz CT molecular complexity index is 589. The molecule has 5 nitrogen and oxygen atoms in total. The van der Waals surface area contributed by atoms with Gasteiger partial charge in [0.1, 0.15) is 6.61 Å². The van der Waals surface area contributed by atoms with Gasteiger partial charge in [-0.05, 0) is 6.07 Å². The largest absolute Gasteiger partial charge is 0.461 e. The molecule has 0 bridgehead atoms. The van der Waals surface area contributed by atoms with Crippen LogP contribution in [0.5, 0.6) is 0 Å². The second kappa shape index (κ2) is 5.27. The van der Waals surface area contributed by atoms with E-state index in [1.54, 1.807) is 12.3 Å². The Kier molecular flexibility index (Phi) is 3.52. The summed E-state index contributed by atoms with van der Waals surface area (Å²) in [5.41, 5.74) is 1.49. The number of methoxy groups -OCH3 is 1. The Hall–Kier alpha value is -2.43. The highest BCUT2D eigenvalue weighted by atomic mass is 16.6. The minimum absolute atomic E-state index is 0.0116. The van der Waals surface area contributed by atoms with Crippen LogP contribution in [0.3, 0.4) is 0 Å². The number of benzene rings is 1. The topological polar surface area (TPSA) is 65.5 Å². The van der Waals surface area contributed by atoms with Crippen molar-refractivity contribution >= 4 is 22.8 Å². The van der Waals surface area contributed by atoms with Crippen molar-refractivity contribution in [3.05, 3.63) is 42.1 Å². The molecule has 0 aliphatic rings. The molecule has 0 fully saturated rings. The van der Waals surface area contributed by atoms with Crippen molar-refractivity contribution in [2.24, 2.45) is 0 Å². The van der Waals surface area contributed by atoms with Crippen LogP contribution in [0.2, 0.25) is 0 Å². The van der Waals surface area contributed by atoms with E-state index in [0.29, 0.717) is 0 Å². The third kappa shape index (κ3) is 2.45. The number of pyridine rings is 1. The fraction of sp³-hybridized carbons (Fsp3) is 0.154. The van der Waals surface area contributed by atoms with Gasteiger partial charge in [-0.1, -0.05) is 24.3 Å². The number of esters is 2. The molecular weight excluding hydrogens is 234 g/mol. The lowest BCUT2D eigenvalue weighted by Gasteiger charge is -2.06. The highest BCUT2D eigenvalue weighted by molar-refractivity contribution is 6.29. The van der Waals surface area contributed by atoms with Crippen molar-refractivity contribution in [1.29, 1.82) is 0 Å². The number of nitrogens with zero attached hydrogens (tertiary/aromatic N) is 1. The van der Waals surface area contributed by atoms with Gasteiger partial charge in [-0.25, -0.2) is 9.59 Å². The van der Waals surface area contributed by atoms with Crippen LogP contribution in [0.1, 0.15) is 5.56 Å². The second-order valence-corrected chi connectivity index (χ2v) is 3.56. The van der Waals surface area contributed by atoms with E-state index in [1.807, 2.05) is 24.3 Å². The first-order chi connectivity index (χ1) is 8.72. The number of hydrogen-bond acceptors (Lipinski definition) is 5. The Morgan fingerprint density at radius 2 is 1.94 bits per heavy atom. The van der Waals surface area contributed by atoms with Crippen molar-refractivity contribution in [2.45, 2.75) is 6.61 Å². The molecule has 0 saturated heterocycles. The van der Waals surface area contributed by atoms with Crippen LogP contribution in [-0.2, 0) is 25.7 Å². The number of aromatic nitrogens is 1. The summed E-state index contributed by atoms with van der Waals surface area (Å²) >= 11 is 0. The van der Waals surface area contributed by atoms with E-state index in [-0.39, 0.29) is 6.61 Å². The van der Waals surface area contributed by atoms with Gasteiger partial charge in [-0.2, -0.15) is 0 Å². The maximum Gasteiger partial charge on any atom is 0.417 e. The first-order valence-electron chi connectivity index (χ1n) is 5.30.